The van der Waals surface area contributed by atoms with Gasteiger partial charge in [-0.05, 0) is 42.0 Å². The summed E-state index contributed by atoms with van der Waals surface area (Å²) < 4.78 is 0.853. The van der Waals surface area contributed by atoms with Crippen molar-refractivity contribution in [1.29, 1.82) is 0 Å². The fourth-order valence-corrected chi connectivity index (χ4v) is 5.15. The molecule has 0 saturated carbocycles. The van der Waals surface area contributed by atoms with Crippen molar-refractivity contribution < 1.29 is 19.6 Å². The highest BCUT2D eigenvalue weighted by Gasteiger charge is 2.48. The van der Waals surface area contributed by atoms with Crippen molar-refractivity contribution in [2.75, 3.05) is 23.9 Å². The van der Waals surface area contributed by atoms with E-state index in [1.807, 2.05) is 55.4 Å². The molecule has 0 bridgehead atoms. The van der Waals surface area contributed by atoms with E-state index in [-0.39, 0.29) is 16.8 Å². The summed E-state index contributed by atoms with van der Waals surface area (Å²) in [6.45, 7) is 0. The molecular weight excluding hydrogens is 480 g/mol. The number of para-hydroxylation sites is 1. The Morgan fingerprint density at radius 2 is 1.69 bits per heavy atom. The molecule has 1 amide bonds. The van der Waals surface area contributed by atoms with Crippen LogP contribution in [0.3, 0.4) is 0 Å². The molecular formula is C26H20N4O5S. The van der Waals surface area contributed by atoms with Crippen molar-refractivity contribution in [2.24, 2.45) is 0 Å². The number of benzene rings is 3. The van der Waals surface area contributed by atoms with E-state index in [1.54, 1.807) is 12.1 Å². The first kappa shape index (κ1) is 23.2. The average molecular weight is 501 g/mol. The number of carbonyl (C=O) groups is 2. The van der Waals surface area contributed by atoms with Gasteiger partial charge in [0, 0.05) is 37.5 Å². The summed E-state index contributed by atoms with van der Waals surface area (Å²) in [5.74, 6) is -2.07. The Bertz CT molecular complexity index is 1510. The third kappa shape index (κ3) is 3.87. The number of aliphatic hydroxyl groups excluding tert-OH is 1. The fraction of sp³-hybridized carbons (Fsp3) is 0.115. The second-order valence-electron chi connectivity index (χ2n) is 8.42. The lowest BCUT2D eigenvalue weighted by atomic mass is 9.95. The summed E-state index contributed by atoms with van der Waals surface area (Å²) in [6, 6.07) is 19.0. The van der Waals surface area contributed by atoms with Crippen LogP contribution in [0, 0.1) is 10.1 Å². The number of amides is 1. The standard InChI is InChI=1S/C26H20N4O5S/c1-28(2)17-11-7-15(8-12-17)22-21(23(31)16-9-13-18(14-10-16)30(34)35)24(32)25(33)29(22)26-27-19-5-3-4-6-20(19)36-26/h3-14,22,31H,1-2H3/b23-21+. The first-order valence-electron chi connectivity index (χ1n) is 10.9. The number of anilines is 2. The lowest BCUT2D eigenvalue weighted by Gasteiger charge is -2.23. The molecule has 0 aliphatic carbocycles. The Morgan fingerprint density at radius 3 is 2.31 bits per heavy atom. The van der Waals surface area contributed by atoms with Gasteiger partial charge in [0.15, 0.2) is 5.13 Å². The number of hydrogen-bond acceptors (Lipinski definition) is 8. The average Bonchev–Trinajstić information content (AvgIpc) is 3.42. The van der Waals surface area contributed by atoms with Gasteiger partial charge in [-0.2, -0.15) is 0 Å². The maximum atomic E-state index is 13.3. The van der Waals surface area contributed by atoms with Crippen molar-refractivity contribution >= 4 is 55.5 Å². The number of aromatic nitrogens is 1. The summed E-state index contributed by atoms with van der Waals surface area (Å²) in [5, 5.41) is 22.6. The summed E-state index contributed by atoms with van der Waals surface area (Å²) >= 11 is 1.28. The number of aliphatic hydroxyl groups is 1. The van der Waals surface area contributed by atoms with Gasteiger partial charge >= 0.3 is 5.91 Å². The summed E-state index contributed by atoms with van der Waals surface area (Å²) in [4.78, 5) is 44.9. The second-order valence-corrected chi connectivity index (χ2v) is 9.43. The van der Waals surface area contributed by atoms with Gasteiger partial charge in [0.05, 0.1) is 26.8 Å². The monoisotopic (exact) mass is 500 g/mol. The van der Waals surface area contributed by atoms with Crippen molar-refractivity contribution in [2.45, 2.75) is 6.04 Å². The van der Waals surface area contributed by atoms with E-state index in [2.05, 4.69) is 4.98 Å². The Kier molecular flexibility index (Phi) is 5.73. The highest BCUT2D eigenvalue weighted by Crippen LogP contribution is 2.44. The van der Waals surface area contributed by atoms with Crippen LogP contribution in [0.1, 0.15) is 17.2 Å². The number of carbonyl (C=O) groups excluding carboxylic acids is 2. The number of non-ortho nitro benzene ring substituents is 1. The molecule has 5 rings (SSSR count). The van der Waals surface area contributed by atoms with Gasteiger partial charge in [0.2, 0.25) is 0 Å². The van der Waals surface area contributed by atoms with Gasteiger partial charge in [-0.3, -0.25) is 24.6 Å². The number of rotatable bonds is 5. The number of ketones is 1. The number of nitro benzene ring substituents is 1. The molecule has 1 aliphatic rings. The third-order valence-electron chi connectivity index (χ3n) is 6.01. The van der Waals surface area contributed by atoms with E-state index in [0.29, 0.717) is 16.2 Å². The molecule has 3 aromatic carbocycles. The zero-order valence-electron chi connectivity index (χ0n) is 19.3. The second kappa shape index (κ2) is 8.90. The molecule has 1 N–H and O–H groups in total. The number of fused-ring (bicyclic) bond motifs is 1. The third-order valence-corrected chi connectivity index (χ3v) is 7.05. The van der Waals surface area contributed by atoms with Crippen molar-refractivity contribution in [3.8, 4) is 0 Å². The molecule has 1 aliphatic heterocycles. The minimum absolute atomic E-state index is 0.106. The van der Waals surface area contributed by atoms with Crippen LogP contribution in [0.2, 0.25) is 0 Å². The fourth-order valence-electron chi connectivity index (χ4n) is 4.16. The smallest absolute Gasteiger partial charge is 0.301 e. The minimum Gasteiger partial charge on any atom is -0.507 e. The zero-order chi connectivity index (χ0) is 25.6. The highest BCUT2D eigenvalue weighted by atomic mass is 32.1. The van der Waals surface area contributed by atoms with Crippen LogP contribution >= 0.6 is 11.3 Å². The number of thiazole rings is 1. The predicted octanol–water partition coefficient (Wildman–Crippen LogP) is 4.90. The van der Waals surface area contributed by atoms with E-state index >= 15 is 0 Å². The quantitative estimate of drug-likeness (QED) is 0.136. The summed E-state index contributed by atoms with van der Waals surface area (Å²) in [7, 11) is 3.80. The first-order chi connectivity index (χ1) is 17.3. The van der Waals surface area contributed by atoms with Crippen LogP contribution in [0.4, 0.5) is 16.5 Å². The lowest BCUT2D eigenvalue weighted by molar-refractivity contribution is -0.384. The zero-order valence-corrected chi connectivity index (χ0v) is 20.1. The molecule has 2 heterocycles. The van der Waals surface area contributed by atoms with Gasteiger partial charge in [0.1, 0.15) is 5.76 Å². The molecule has 1 atom stereocenters. The number of Topliss-reactive ketones (excluding diaryl/α,β-unsaturated/α-hetero) is 1. The normalized spacial score (nSPS) is 17.1. The van der Waals surface area contributed by atoms with E-state index in [0.717, 1.165) is 10.4 Å². The van der Waals surface area contributed by atoms with Gasteiger partial charge in [-0.25, -0.2) is 4.98 Å². The predicted molar refractivity (Wildman–Crippen MR) is 138 cm³/mol. The van der Waals surface area contributed by atoms with E-state index < -0.39 is 28.4 Å². The van der Waals surface area contributed by atoms with E-state index in [9.17, 15) is 24.8 Å². The Hall–Kier alpha value is -4.57. The Morgan fingerprint density at radius 1 is 1.03 bits per heavy atom. The maximum absolute atomic E-state index is 13.3. The Labute approximate surface area is 209 Å². The van der Waals surface area contributed by atoms with Crippen LogP contribution < -0.4 is 9.80 Å². The van der Waals surface area contributed by atoms with Crippen LogP contribution in [-0.4, -0.2) is 40.8 Å². The minimum atomic E-state index is -0.933. The summed E-state index contributed by atoms with van der Waals surface area (Å²) in [5.41, 5.74) is 2.16. The molecule has 1 aromatic heterocycles. The molecule has 1 fully saturated rings. The molecule has 36 heavy (non-hydrogen) atoms. The molecule has 10 heteroatoms. The number of nitrogens with zero attached hydrogens (tertiary/aromatic N) is 4. The molecule has 180 valence electrons. The van der Waals surface area contributed by atoms with Crippen LogP contribution in [0.15, 0.2) is 78.4 Å². The maximum Gasteiger partial charge on any atom is 0.301 e. The van der Waals surface area contributed by atoms with Crippen LogP contribution in [0.5, 0.6) is 0 Å². The molecule has 9 nitrogen and oxygen atoms in total. The number of nitro groups is 1. The van der Waals surface area contributed by atoms with Crippen molar-refractivity contribution in [3.05, 3.63) is 99.6 Å². The number of hydrogen-bond donors (Lipinski definition) is 1. The van der Waals surface area contributed by atoms with Gasteiger partial charge in [-0.1, -0.05) is 35.6 Å². The highest BCUT2D eigenvalue weighted by molar-refractivity contribution is 7.22. The summed E-state index contributed by atoms with van der Waals surface area (Å²) in [6.07, 6.45) is 0. The topological polar surface area (TPSA) is 117 Å². The largest absolute Gasteiger partial charge is 0.507 e. The van der Waals surface area contributed by atoms with Crippen LogP contribution in [-0.2, 0) is 9.59 Å². The lowest BCUT2D eigenvalue weighted by Crippen LogP contribution is -2.29. The van der Waals surface area contributed by atoms with Gasteiger partial charge < -0.3 is 10.0 Å². The SMILES string of the molecule is CN(C)c1ccc(C2/C(=C(\O)c3ccc([N+](=O)[O-])cc3)C(=O)C(=O)N2c2nc3ccccc3s2)cc1. The van der Waals surface area contributed by atoms with E-state index in [1.165, 1.54) is 40.5 Å². The van der Waals surface area contributed by atoms with Crippen LogP contribution in [0.25, 0.3) is 16.0 Å². The Balaban J connectivity index is 1.69. The molecule has 0 spiro atoms. The molecule has 0 radical (unpaired) electrons. The van der Waals surface area contributed by atoms with E-state index in [4.69, 9.17) is 0 Å². The van der Waals surface area contributed by atoms with Gasteiger partial charge in [-0.15, -0.1) is 0 Å². The molecule has 1 saturated heterocycles. The molecule has 1 unspecified atom stereocenters. The van der Waals surface area contributed by atoms with Crippen molar-refractivity contribution in [1.82, 2.24) is 4.98 Å². The van der Waals surface area contributed by atoms with Crippen molar-refractivity contribution in [3.63, 3.8) is 0 Å². The first-order valence-corrected chi connectivity index (χ1v) is 11.8. The van der Waals surface area contributed by atoms with Gasteiger partial charge in [0.25, 0.3) is 11.5 Å². The molecule has 4 aromatic rings.